The zero-order valence-corrected chi connectivity index (χ0v) is 17.8. The molecule has 2 rings (SSSR count). The molecule has 6 nitrogen and oxygen atoms in total. The molecular weight excluding hydrogens is 431 g/mol. The first-order valence-electron chi connectivity index (χ1n) is 8.13. The number of nitrogens with one attached hydrogen (secondary N) is 2. The minimum atomic E-state index is 0. The maximum Gasteiger partial charge on any atom is 0.191 e. The number of hydrogen-bond donors (Lipinski definition) is 2. The van der Waals surface area contributed by atoms with Crippen LogP contribution in [0.2, 0.25) is 0 Å². The number of hydrogen-bond acceptors (Lipinski definition) is 4. The number of aryl methyl sites for hydroxylation is 2. The number of nitrogens with zero attached hydrogens (tertiary/aromatic N) is 2. The van der Waals surface area contributed by atoms with Crippen molar-refractivity contribution in [3.8, 4) is 5.75 Å². The van der Waals surface area contributed by atoms with Crippen LogP contribution in [0.1, 0.15) is 42.5 Å². The summed E-state index contributed by atoms with van der Waals surface area (Å²) >= 11 is 0. The smallest absolute Gasteiger partial charge is 0.191 e. The molecule has 7 heteroatoms. The van der Waals surface area contributed by atoms with E-state index in [2.05, 4.69) is 40.7 Å². The Morgan fingerprint density at radius 2 is 2.12 bits per heavy atom. The van der Waals surface area contributed by atoms with Gasteiger partial charge in [-0.15, -0.1) is 24.0 Å². The van der Waals surface area contributed by atoms with Crippen molar-refractivity contribution in [2.24, 2.45) is 4.99 Å². The molecule has 138 valence electrons. The Bertz CT molecular complexity index is 700. The lowest BCUT2D eigenvalue weighted by atomic mass is 10.0. The molecular formula is C18H27IN4O2. The first-order valence-corrected chi connectivity index (χ1v) is 8.13. The Hall–Kier alpha value is -1.77. The van der Waals surface area contributed by atoms with Crippen LogP contribution in [0.25, 0.3) is 0 Å². The second-order valence-electron chi connectivity index (χ2n) is 5.68. The molecule has 2 aromatic rings. The predicted octanol–water partition coefficient (Wildman–Crippen LogP) is 3.60. The predicted molar refractivity (Wildman–Crippen MR) is 111 cm³/mol. The maximum atomic E-state index is 5.46. The fraction of sp³-hybridized carbons (Fsp3) is 0.444. The van der Waals surface area contributed by atoms with Gasteiger partial charge in [-0.25, -0.2) is 0 Å². The molecule has 2 N–H and O–H groups in total. The van der Waals surface area contributed by atoms with Crippen molar-refractivity contribution in [3.63, 3.8) is 0 Å². The third-order valence-corrected chi connectivity index (χ3v) is 3.83. The lowest BCUT2D eigenvalue weighted by Crippen LogP contribution is -2.38. The van der Waals surface area contributed by atoms with Gasteiger partial charge < -0.3 is 19.9 Å². The summed E-state index contributed by atoms with van der Waals surface area (Å²) in [7, 11) is 3.43. The number of rotatable bonds is 6. The average molecular weight is 458 g/mol. The minimum Gasteiger partial charge on any atom is -0.496 e. The topological polar surface area (TPSA) is 71.7 Å². The molecule has 1 aromatic carbocycles. The van der Waals surface area contributed by atoms with Crippen molar-refractivity contribution in [2.75, 3.05) is 14.2 Å². The third kappa shape index (κ3) is 5.91. The van der Waals surface area contributed by atoms with Crippen LogP contribution in [0.5, 0.6) is 5.75 Å². The molecule has 25 heavy (non-hydrogen) atoms. The van der Waals surface area contributed by atoms with E-state index in [-0.39, 0.29) is 30.0 Å². The van der Waals surface area contributed by atoms with Gasteiger partial charge in [0.15, 0.2) is 11.7 Å². The molecule has 0 saturated carbocycles. The maximum absolute atomic E-state index is 5.46. The summed E-state index contributed by atoms with van der Waals surface area (Å²) in [6.07, 6.45) is 0.862. The second-order valence-corrected chi connectivity index (χ2v) is 5.68. The van der Waals surface area contributed by atoms with Gasteiger partial charge in [-0.2, -0.15) is 0 Å². The number of aliphatic imine (C=N–C) groups is 1. The van der Waals surface area contributed by atoms with Crippen LogP contribution in [-0.4, -0.2) is 25.3 Å². The Kier molecular flexibility index (Phi) is 8.74. The Labute approximate surface area is 166 Å². The summed E-state index contributed by atoms with van der Waals surface area (Å²) in [6.45, 7) is 6.72. The van der Waals surface area contributed by atoms with Gasteiger partial charge in [0.1, 0.15) is 5.75 Å². The van der Waals surface area contributed by atoms with Crippen molar-refractivity contribution >= 4 is 29.9 Å². The van der Waals surface area contributed by atoms with Gasteiger partial charge in [-0.1, -0.05) is 29.8 Å². The van der Waals surface area contributed by atoms with Crippen molar-refractivity contribution < 1.29 is 9.26 Å². The molecule has 0 saturated heterocycles. The summed E-state index contributed by atoms with van der Waals surface area (Å²) in [5.41, 5.74) is 3.23. The highest BCUT2D eigenvalue weighted by atomic mass is 127. The van der Waals surface area contributed by atoms with Crippen LogP contribution in [0, 0.1) is 6.92 Å². The largest absolute Gasteiger partial charge is 0.496 e. The lowest BCUT2D eigenvalue weighted by molar-refractivity contribution is 0.374. The molecule has 0 spiro atoms. The van der Waals surface area contributed by atoms with Crippen LogP contribution in [0.4, 0.5) is 0 Å². The van der Waals surface area contributed by atoms with E-state index < -0.39 is 0 Å². The number of guanidine groups is 1. The zero-order valence-electron chi connectivity index (χ0n) is 15.4. The van der Waals surface area contributed by atoms with E-state index in [9.17, 15) is 0 Å². The summed E-state index contributed by atoms with van der Waals surface area (Å²) < 4.78 is 10.7. The van der Waals surface area contributed by atoms with E-state index in [1.54, 1.807) is 14.2 Å². The summed E-state index contributed by atoms with van der Waals surface area (Å²) in [6, 6.07) is 8.14. The second kappa shape index (κ2) is 10.3. The lowest BCUT2D eigenvalue weighted by Gasteiger charge is -2.20. The van der Waals surface area contributed by atoms with Crippen molar-refractivity contribution in [3.05, 3.63) is 46.8 Å². The van der Waals surface area contributed by atoms with Gasteiger partial charge in [-0.3, -0.25) is 4.99 Å². The zero-order chi connectivity index (χ0) is 17.5. The summed E-state index contributed by atoms with van der Waals surface area (Å²) in [5, 5.41) is 10.6. The van der Waals surface area contributed by atoms with E-state index in [0.29, 0.717) is 12.5 Å². The third-order valence-electron chi connectivity index (χ3n) is 3.83. The number of ether oxygens (including phenoxy) is 1. The molecule has 0 aliphatic carbocycles. The van der Waals surface area contributed by atoms with Gasteiger partial charge in [0, 0.05) is 18.7 Å². The van der Waals surface area contributed by atoms with Gasteiger partial charge >= 0.3 is 0 Å². The standard InChI is InChI=1S/C18H26N4O2.HI/c1-6-14-10-15(24-22-14)11-20-18(19-4)21-13(3)16-9-12(2)7-8-17(16)23-5;/h7-10,13H,6,11H2,1-5H3,(H2,19,20,21);1H. The highest BCUT2D eigenvalue weighted by Gasteiger charge is 2.13. The highest BCUT2D eigenvalue weighted by molar-refractivity contribution is 14.0. The average Bonchev–Trinajstić information content (AvgIpc) is 3.06. The van der Waals surface area contributed by atoms with Gasteiger partial charge in [-0.05, 0) is 26.3 Å². The molecule has 0 aliphatic rings. The molecule has 0 fully saturated rings. The van der Waals surface area contributed by atoms with Gasteiger partial charge in [0.05, 0.1) is 25.4 Å². The van der Waals surface area contributed by atoms with Crippen molar-refractivity contribution in [1.82, 2.24) is 15.8 Å². The number of methoxy groups -OCH3 is 1. The van der Waals surface area contributed by atoms with E-state index in [4.69, 9.17) is 9.26 Å². The number of halogens is 1. The first kappa shape index (κ1) is 21.3. The molecule has 0 bridgehead atoms. The Balaban J connectivity index is 0.00000312. The number of aromatic nitrogens is 1. The van der Waals surface area contributed by atoms with Crippen LogP contribution in [0.3, 0.4) is 0 Å². The van der Waals surface area contributed by atoms with Crippen LogP contribution in [0.15, 0.2) is 33.8 Å². The monoisotopic (exact) mass is 458 g/mol. The minimum absolute atomic E-state index is 0. The molecule has 0 radical (unpaired) electrons. The van der Waals surface area contributed by atoms with Gasteiger partial charge in [0.25, 0.3) is 0 Å². The molecule has 1 heterocycles. The van der Waals surface area contributed by atoms with E-state index in [1.807, 2.05) is 25.1 Å². The molecule has 0 amide bonds. The quantitative estimate of drug-likeness (QED) is 0.393. The molecule has 1 unspecified atom stereocenters. The van der Waals surface area contributed by atoms with Crippen LogP contribution < -0.4 is 15.4 Å². The summed E-state index contributed by atoms with van der Waals surface area (Å²) in [5.74, 6) is 2.34. The molecule has 0 aliphatic heterocycles. The SMILES string of the molecule is CCc1cc(CNC(=NC)NC(C)c2cc(C)ccc2OC)on1.I. The van der Waals surface area contributed by atoms with Crippen molar-refractivity contribution in [1.29, 1.82) is 0 Å². The summed E-state index contributed by atoms with van der Waals surface area (Å²) in [4.78, 5) is 4.27. The van der Waals surface area contributed by atoms with Gasteiger partial charge in [0.2, 0.25) is 0 Å². The van der Waals surface area contributed by atoms with Crippen LogP contribution >= 0.6 is 24.0 Å². The molecule has 1 aromatic heterocycles. The van der Waals surface area contributed by atoms with Crippen molar-refractivity contribution in [2.45, 2.75) is 39.8 Å². The first-order chi connectivity index (χ1) is 11.6. The van der Waals surface area contributed by atoms with E-state index in [1.165, 1.54) is 5.56 Å². The number of benzene rings is 1. The Morgan fingerprint density at radius 1 is 1.36 bits per heavy atom. The molecule has 1 atom stereocenters. The fourth-order valence-electron chi connectivity index (χ4n) is 2.45. The Morgan fingerprint density at radius 3 is 2.72 bits per heavy atom. The highest BCUT2D eigenvalue weighted by Crippen LogP contribution is 2.25. The fourth-order valence-corrected chi connectivity index (χ4v) is 2.45. The van der Waals surface area contributed by atoms with E-state index >= 15 is 0 Å². The normalized spacial score (nSPS) is 12.3. The van der Waals surface area contributed by atoms with Crippen LogP contribution in [-0.2, 0) is 13.0 Å². The van der Waals surface area contributed by atoms with E-state index in [0.717, 1.165) is 29.2 Å².